The molecule has 2 heterocycles. The van der Waals surface area contributed by atoms with Gasteiger partial charge in [-0.3, -0.25) is 9.69 Å². The maximum atomic E-state index is 12.9. The summed E-state index contributed by atoms with van der Waals surface area (Å²) in [5.74, 6) is 3.21. The summed E-state index contributed by atoms with van der Waals surface area (Å²) in [6.07, 6.45) is 1.11. The Hall–Kier alpha value is -2.26. The molecule has 1 aromatic rings. The van der Waals surface area contributed by atoms with Crippen molar-refractivity contribution in [2.45, 2.75) is 44.9 Å². The molecule has 25 heavy (non-hydrogen) atoms. The van der Waals surface area contributed by atoms with E-state index in [0.717, 1.165) is 29.7 Å². The normalized spacial score (nSPS) is 19.4. The quantitative estimate of drug-likeness (QED) is 0.622. The topological polar surface area (TPSA) is 60.9 Å². The van der Waals surface area contributed by atoms with Gasteiger partial charge in [0.2, 0.25) is 5.91 Å². The van der Waals surface area contributed by atoms with E-state index < -0.39 is 20.2 Å². The molecule has 0 unspecified atom stereocenters. The summed E-state index contributed by atoms with van der Waals surface area (Å²) in [6, 6.07) is 5.33. The van der Waals surface area contributed by atoms with E-state index in [0.29, 0.717) is 19.5 Å². The van der Waals surface area contributed by atoms with Crippen LogP contribution in [0.4, 0.5) is 10.5 Å². The fourth-order valence-electron chi connectivity index (χ4n) is 3.47. The number of anilines is 1. The van der Waals surface area contributed by atoms with Crippen LogP contribution in [0.25, 0.3) is 0 Å². The lowest BCUT2D eigenvalue weighted by Gasteiger charge is -2.26. The lowest BCUT2D eigenvalue weighted by Crippen LogP contribution is -2.47. The van der Waals surface area contributed by atoms with E-state index in [-0.39, 0.29) is 5.91 Å². The highest BCUT2D eigenvalue weighted by Crippen LogP contribution is 2.32. The number of fused-ring (bicyclic) bond motifs is 1. The van der Waals surface area contributed by atoms with Gasteiger partial charge < -0.3 is 10.0 Å². The van der Waals surface area contributed by atoms with Crippen LogP contribution in [0, 0.1) is 11.5 Å². The molecule has 132 valence electrons. The molecule has 2 aliphatic heterocycles. The Balaban J connectivity index is 1.88. The molecular formula is C19H24N2O3Si. The molecule has 0 aliphatic carbocycles. The van der Waals surface area contributed by atoms with Gasteiger partial charge in [-0.15, -0.1) is 5.54 Å². The average molecular weight is 356 g/mol. The number of nitrogens with zero attached hydrogens (tertiary/aromatic N) is 2. The molecule has 1 fully saturated rings. The van der Waals surface area contributed by atoms with Gasteiger partial charge in [0, 0.05) is 24.3 Å². The standard InChI is InChI=1S/C19H24N2O3Si/c1-25(2,3)13-10-14-6-4-7-16-15(14)9-12-20(16)18(22)17-8-5-11-21(17)19(23)24/h4,6-7,17H,5,8-9,11-12H2,1-3H3,(H,23,24)/t17-/m0/s1. The van der Waals surface area contributed by atoms with Crippen LogP contribution in [-0.2, 0) is 11.2 Å². The number of hydrogen-bond donors (Lipinski definition) is 1. The first-order valence-corrected chi connectivity index (χ1v) is 12.2. The number of likely N-dealkylation sites (tertiary alicyclic amines) is 1. The van der Waals surface area contributed by atoms with E-state index in [9.17, 15) is 14.7 Å². The molecule has 0 spiro atoms. The van der Waals surface area contributed by atoms with Crippen LogP contribution in [0.1, 0.15) is 24.0 Å². The number of amides is 2. The second kappa shape index (κ2) is 6.56. The molecule has 0 radical (unpaired) electrons. The van der Waals surface area contributed by atoms with Crippen molar-refractivity contribution in [2.24, 2.45) is 0 Å². The maximum absolute atomic E-state index is 12.9. The third-order valence-corrected chi connectivity index (χ3v) is 5.52. The van der Waals surface area contributed by atoms with E-state index in [1.54, 1.807) is 4.90 Å². The fraction of sp³-hybridized carbons (Fsp3) is 0.474. The predicted octanol–water partition coefficient (Wildman–Crippen LogP) is 2.95. The average Bonchev–Trinajstić information content (AvgIpc) is 3.18. The van der Waals surface area contributed by atoms with Crippen LogP contribution < -0.4 is 4.90 Å². The van der Waals surface area contributed by atoms with Crippen LogP contribution in [-0.4, -0.2) is 49.2 Å². The Labute approximate surface area is 149 Å². The number of carboxylic acid groups (broad SMARTS) is 1. The fourth-order valence-corrected chi connectivity index (χ4v) is 3.98. The Morgan fingerprint density at radius 2 is 2.00 bits per heavy atom. The van der Waals surface area contributed by atoms with Gasteiger partial charge in [-0.05, 0) is 37.0 Å². The van der Waals surface area contributed by atoms with Gasteiger partial charge in [0.15, 0.2) is 0 Å². The number of hydrogen-bond acceptors (Lipinski definition) is 2. The number of carbonyl (C=O) groups excluding carboxylic acids is 1. The van der Waals surface area contributed by atoms with E-state index in [2.05, 4.69) is 31.1 Å². The smallest absolute Gasteiger partial charge is 0.407 e. The summed E-state index contributed by atoms with van der Waals surface area (Å²) in [6.45, 7) is 7.66. The molecule has 1 N–H and O–H groups in total. The lowest BCUT2D eigenvalue weighted by atomic mass is 10.1. The summed E-state index contributed by atoms with van der Waals surface area (Å²) < 4.78 is 0. The first kappa shape index (κ1) is 17.6. The van der Waals surface area contributed by atoms with Crippen molar-refractivity contribution >= 4 is 25.8 Å². The minimum absolute atomic E-state index is 0.103. The van der Waals surface area contributed by atoms with Crippen LogP contribution in [0.3, 0.4) is 0 Å². The summed E-state index contributed by atoms with van der Waals surface area (Å²) in [5, 5.41) is 9.30. The number of rotatable bonds is 1. The van der Waals surface area contributed by atoms with Gasteiger partial charge >= 0.3 is 6.09 Å². The molecule has 6 heteroatoms. The van der Waals surface area contributed by atoms with Crippen LogP contribution in [0.2, 0.25) is 19.6 Å². The minimum Gasteiger partial charge on any atom is -0.465 e. The van der Waals surface area contributed by atoms with Crippen molar-refractivity contribution in [2.75, 3.05) is 18.0 Å². The highest BCUT2D eigenvalue weighted by Gasteiger charge is 2.39. The Kier molecular flexibility index (Phi) is 4.61. The first-order chi connectivity index (χ1) is 11.8. The highest BCUT2D eigenvalue weighted by molar-refractivity contribution is 6.83. The molecule has 1 aromatic carbocycles. The zero-order chi connectivity index (χ0) is 18.2. The molecule has 3 rings (SSSR count). The summed E-state index contributed by atoms with van der Waals surface area (Å²) in [4.78, 5) is 27.3. The molecule has 5 nitrogen and oxygen atoms in total. The summed E-state index contributed by atoms with van der Waals surface area (Å²) in [5.41, 5.74) is 6.39. The van der Waals surface area contributed by atoms with Gasteiger partial charge in [0.05, 0.1) is 0 Å². The third kappa shape index (κ3) is 3.56. The van der Waals surface area contributed by atoms with Crippen molar-refractivity contribution in [3.63, 3.8) is 0 Å². The van der Waals surface area contributed by atoms with Crippen LogP contribution in [0.15, 0.2) is 18.2 Å². The van der Waals surface area contributed by atoms with Crippen molar-refractivity contribution in [3.8, 4) is 11.5 Å². The second-order valence-electron chi connectivity index (χ2n) is 7.68. The molecule has 0 saturated carbocycles. The lowest BCUT2D eigenvalue weighted by molar-refractivity contribution is -0.122. The first-order valence-electron chi connectivity index (χ1n) is 8.74. The van der Waals surface area contributed by atoms with Crippen molar-refractivity contribution in [3.05, 3.63) is 29.3 Å². The molecule has 2 aliphatic rings. The van der Waals surface area contributed by atoms with Crippen LogP contribution in [0.5, 0.6) is 0 Å². The third-order valence-electron chi connectivity index (χ3n) is 4.65. The number of carbonyl (C=O) groups is 2. The largest absolute Gasteiger partial charge is 0.465 e. The zero-order valence-corrected chi connectivity index (χ0v) is 16.0. The van der Waals surface area contributed by atoms with Gasteiger partial charge in [-0.2, -0.15) is 0 Å². The summed E-state index contributed by atoms with van der Waals surface area (Å²) >= 11 is 0. The van der Waals surface area contributed by atoms with Crippen molar-refractivity contribution in [1.82, 2.24) is 4.90 Å². The predicted molar refractivity (Wildman–Crippen MR) is 100 cm³/mol. The second-order valence-corrected chi connectivity index (χ2v) is 12.4. The zero-order valence-electron chi connectivity index (χ0n) is 15.0. The highest BCUT2D eigenvalue weighted by atomic mass is 28.3. The monoisotopic (exact) mass is 356 g/mol. The maximum Gasteiger partial charge on any atom is 0.407 e. The van der Waals surface area contributed by atoms with Gasteiger partial charge in [-0.25, -0.2) is 4.79 Å². The molecule has 0 bridgehead atoms. The van der Waals surface area contributed by atoms with Gasteiger partial charge in [-0.1, -0.05) is 31.6 Å². The molecule has 1 atom stereocenters. The van der Waals surface area contributed by atoms with Crippen molar-refractivity contribution < 1.29 is 14.7 Å². The molecule has 2 amide bonds. The van der Waals surface area contributed by atoms with Gasteiger partial charge in [0.25, 0.3) is 0 Å². The van der Waals surface area contributed by atoms with E-state index in [1.165, 1.54) is 4.90 Å². The van der Waals surface area contributed by atoms with Crippen LogP contribution >= 0.6 is 0 Å². The van der Waals surface area contributed by atoms with E-state index >= 15 is 0 Å². The Bertz CT molecular complexity index is 773. The van der Waals surface area contributed by atoms with E-state index in [4.69, 9.17) is 0 Å². The van der Waals surface area contributed by atoms with Crippen molar-refractivity contribution in [1.29, 1.82) is 0 Å². The van der Waals surface area contributed by atoms with E-state index in [1.807, 2.05) is 18.2 Å². The SMILES string of the molecule is C[Si](C)(C)C#Cc1cccc2c1CCN2C(=O)[C@@H]1CCCN1C(=O)O. The molecule has 1 saturated heterocycles. The molecule has 0 aromatic heterocycles. The number of benzene rings is 1. The Morgan fingerprint density at radius 1 is 1.24 bits per heavy atom. The minimum atomic E-state index is -1.47. The summed E-state index contributed by atoms with van der Waals surface area (Å²) in [7, 11) is -1.47. The molecular weight excluding hydrogens is 332 g/mol. The van der Waals surface area contributed by atoms with Gasteiger partial charge in [0.1, 0.15) is 14.1 Å². The Morgan fingerprint density at radius 3 is 2.68 bits per heavy atom.